The molecule has 7 heteroatoms. The molecule has 0 unspecified atom stereocenters. The molecular weight excluding hydrogens is 332 g/mol. The molecule has 1 aliphatic rings. The van der Waals surface area contributed by atoms with Crippen LogP contribution in [0.25, 0.3) is 11.4 Å². The van der Waals surface area contributed by atoms with Gasteiger partial charge in [0.2, 0.25) is 0 Å². The van der Waals surface area contributed by atoms with Gasteiger partial charge in [-0.25, -0.2) is 9.67 Å². The average molecular weight is 360 g/mol. The smallest absolute Gasteiger partial charge is 0.176 e. The first-order valence-corrected chi connectivity index (χ1v) is 9.11. The fraction of sp³-hybridized carbons (Fsp3) is 0.579. The van der Waals surface area contributed by atoms with Crippen molar-refractivity contribution < 1.29 is 14.2 Å². The van der Waals surface area contributed by atoms with E-state index in [4.69, 9.17) is 24.3 Å². The van der Waals surface area contributed by atoms with Gasteiger partial charge in [0, 0.05) is 6.61 Å². The fourth-order valence-electron chi connectivity index (χ4n) is 3.36. The molecule has 26 heavy (non-hydrogen) atoms. The molecule has 0 bridgehead atoms. The van der Waals surface area contributed by atoms with Crippen molar-refractivity contribution in [3.63, 3.8) is 0 Å². The maximum atomic E-state index is 5.63. The second-order valence-corrected chi connectivity index (χ2v) is 6.51. The maximum absolute atomic E-state index is 5.63. The molecule has 0 N–H and O–H groups in total. The van der Waals surface area contributed by atoms with Gasteiger partial charge in [-0.3, -0.25) is 0 Å². The molecule has 1 aromatic heterocycles. The molecule has 1 aliphatic heterocycles. The zero-order chi connectivity index (χ0) is 18.5. The van der Waals surface area contributed by atoms with Crippen molar-refractivity contribution in [1.29, 1.82) is 0 Å². The first-order chi connectivity index (χ1) is 12.7. The van der Waals surface area contributed by atoms with Gasteiger partial charge < -0.3 is 19.1 Å². The van der Waals surface area contributed by atoms with Crippen molar-refractivity contribution in [3.8, 4) is 22.9 Å². The molecular formula is C19H28N4O3. The van der Waals surface area contributed by atoms with Crippen LogP contribution in [0.2, 0.25) is 0 Å². The third-order valence-electron chi connectivity index (χ3n) is 4.79. The van der Waals surface area contributed by atoms with Crippen LogP contribution in [0.1, 0.15) is 31.6 Å². The zero-order valence-corrected chi connectivity index (χ0v) is 16.1. The van der Waals surface area contributed by atoms with E-state index in [-0.39, 0.29) is 0 Å². The summed E-state index contributed by atoms with van der Waals surface area (Å²) >= 11 is 0. The molecule has 2 aromatic rings. The Bertz CT molecular complexity index is 724. The summed E-state index contributed by atoms with van der Waals surface area (Å²) in [7, 11) is 5.45. The Morgan fingerprint density at radius 3 is 2.58 bits per heavy atom. The van der Waals surface area contributed by atoms with E-state index in [1.165, 1.54) is 0 Å². The average Bonchev–Trinajstić information content (AvgIpc) is 3.10. The number of piperidine rings is 1. The van der Waals surface area contributed by atoms with Crippen LogP contribution in [-0.2, 0) is 11.3 Å². The third kappa shape index (κ3) is 3.83. The highest BCUT2D eigenvalue weighted by Gasteiger charge is 2.26. The van der Waals surface area contributed by atoms with Gasteiger partial charge in [-0.15, -0.1) is 0 Å². The van der Waals surface area contributed by atoms with Crippen LogP contribution in [0.3, 0.4) is 0 Å². The molecule has 1 fully saturated rings. The summed E-state index contributed by atoms with van der Waals surface area (Å²) < 4.78 is 18.7. The monoisotopic (exact) mass is 360 g/mol. The number of nitrogens with zero attached hydrogens (tertiary/aromatic N) is 4. The molecule has 7 nitrogen and oxygen atoms in total. The summed E-state index contributed by atoms with van der Waals surface area (Å²) in [5.41, 5.74) is 0.890. The molecule has 0 amide bonds. The predicted molar refractivity (Wildman–Crippen MR) is 99.7 cm³/mol. The Labute approximate surface area is 154 Å². The normalized spacial score (nSPS) is 16.0. The number of hydrogen-bond acceptors (Lipinski definition) is 6. The van der Waals surface area contributed by atoms with Crippen LogP contribution in [0, 0.1) is 0 Å². The van der Waals surface area contributed by atoms with Crippen molar-refractivity contribution in [1.82, 2.24) is 19.7 Å². The maximum Gasteiger partial charge on any atom is 0.176 e. The van der Waals surface area contributed by atoms with Crippen molar-refractivity contribution in [2.24, 2.45) is 0 Å². The highest BCUT2D eigenvalue weighted by Crippen LogP contribution is 2.38. The second-order valence-electron chi connectivity index (χ2n) is 6.51. The molecule has 0 saturated carbocycles. The lowest BCUT2D eigenvalue weighted by molar-refractivity contribution is 0.127. The molecule has 0 aliphatic carbocycles. The van der Waals surface area contributed by atoms with Gasteiger partial charge in [0.25, 0.3) is 0 Å². The number of para-hydroxylation sites is 1. The van der Waals surface area contributed by atoms with Gasteiger partial charge in [0.05, 0.1) is 25.8 Å². The number of benzene rings is 1. The molecule has 1 aromatic carbocycles. The summed E-state index contributed by atoms with van der Waals surface area (Å²) in [5, 5.41) is 4.77. The minimum absolute atomic E-state index is 0.319. The second kappa shape index (κ2) is 8.51. The summed E-state index contributed by atoms with van der Waals surface area (Å²) in [5.74, 6) is 2.88. The zero-order valence-electron chi connectivity index (χ0n) is 16.1. The lowest BCUT2D eigenvalue weighted by Crippen LogP contribution is -2.32. The topological polar surface area (TPSA) is 61.6 Å². The summed E-state index contributed by atoms with van der Waals surface area (Å²) in [6.07, 6.45) is 2.10. The van der Waals surface area contributed by atoms with Crippen molar-refractivity contribution in [2.45, 2.75) is 32.4 Å². The highest BCUT2D eigenvalue weighted by molar-refractivity contribution is 5.69. The summed E-state index contributed by atoms with van der Waals surface area (Å²) in [6.45, 7) is 5.13. The Morgan fingerprint density at radius 1 is 1.15 bits per heavy atom. The molecule has 0 spiro atoms. The largest absolute Gasteiger partial charge is 0.493 e. The van der Waals surface area contributed by atoms with Gasteiger partial charge in [-0.05, 0) is 52.0 Å². The molecule has 3 rings (SSSR count). The van der Waals surface area contributed by atoms with E-state index in [1.807, 2.05) is 25.1 Å². The van der Waals surface area contributed by atoms with Gasteiger partial charge >= 0.3 is 0 Å². The van der Waals surface area contributed by atoms with Crippen LogP contribution in [0.4, 0.5) is 0 Å². The number of rotatable bonds is 7. The van der Waals surface area contributed by atoms with Gasteiger partial charge in [-0.1, -0.05) is 6.07 Å². The molecule has 1 saturated heterocycles. The van der Waals surface area contributed by atoms with E-state index in [2.05, 4.69) is 16.6 Å². The first-order valence-electron chi connectivity index (χ1n) is 9.11. The predicted octanol–water partition coefficient (Wildman–Crippen LogP) is 2.77. The SMILES string of the molecule is CCOCc1nc(-c2cccc(OC)c2OC)n(C2CCN(C)CC2)n1. The Kier molecular flexibility index (Phi) is 6.11. The Balaban J connectivity index is 2.03. The Morgan fingerprint density at radius 2 is 1.92 bits per heavy atom. The summed E-state index contributed by atoms with van der Waals surface area (Å²) in [6, 6.07) is 6.16. The minimum Gasteiger partial charge on any atom is -0.493 e. The van der Waals surface area contributed by atoms with Crippen LogP contribution in [-0.4, -0.2) is 60.6 Å². The van der Waals surface area contributed by atoms with Crippen LogP contribution in [0.5, 0.6) is 11.5 Å². The lowest BCUT2D eigenvalue weighted by Gasteiger charge is -2.29. The Hall–Kier alpha value is -2.12. The van der Waals surface area contributed by atoms with E-state index >= 15 is 0 Å². The van der Waals surface area contributed by atoms with E-state index in [0.717, 1.165) is 37.3 Å². The molecule has 0 radical (unpaired) electrons. The van der Waals surface area contributed by atoms with E-state index in [9.17, 15) is 0 Å². The lowest BCUT2D eigenvalue weighted by atomic mass is 10.0. The van der Waals surface area contributed by atoms with E-state index < -0.39 is 0 Å². The van der Waals surface area contributed by atoms with E-state index in [1.54, 1.807) is 14.2 Å². The first kappa shape index (κ1) is 18.7. The molecule has 142 valence electrons. The number of likely N-dealkylation sites (tertiary alicyclic amines) is 1. The van der Waals surface area contributed by atoms with Crippen LogP contribution in [0.15, 0.2) is 18.2 Å². The van der Waals surface area contributed by atoms with Crippen molar-refractivity contribution in [3.05, 3.63) is 24.0 Å². The van der Waals surface area contributed by atoms with Crippen molar-refractivity contribution >= 4 is 0 Å². The van der Waals surface area contributed by atoms with Gasteiger partial charge in [0.1, 0.15) is 6.61 Å². The van der Waals surface area contributed by atoms with E-state index in [0.29, 0.717) is 36.6 Å². The van der Waals surface area contributed by atoms with Gasteiger partial charge in [0.15, 0.2) is 23.1 Å². The number of methoxy groups -OCH3 is 2. The highest BCUT2D eigenvalue weighted by atomic mass is 16.5. The number of ether oxygens (including phenoxy) is 3. The van der Waals surface area contributed by atoms with Gasteiger partial charge in [-0.2, -0.15) is 5.10 Å². The molecule has 2 heterocycles. The van der Waals surface area contributed by atoms with Crippen LogP contribution < -0.4 is 9.47 Å². The third-order valence-corrected chi connectivity index (χ3v) is 4.79. The molecule has 0 atom stereocenters. The standard InChI is InChI=1S/C19H28N4O3/c1-5-26-13-17-20-19(15-7-6-8-16(24-3)18(15)25-4)23(21-17)14-9-11-22(2)12-10-14/h6-8,14H,5,9-13H2,1-4H3. The fourth-order valence-corrected chi connectivity index (χ4v) is 3.36. The minimum atomic E-state index is 0.319. The number of aromatic nitrogens is 3. The quantitative estimate of drug-likeness (QED) is 0.757. The van der Waals surface area contributed by atoms with Crippen molar-refractivity contribution in [2.75, 3.05) is 41.0 Å². The summed E-state index contributed by atoms with van der Waals surface area (Å²) in [4.78, 5) is 7.12. The number of hydrogen-bond donors (Lipinski definition) is 0. The van der Waals surface area contributed by atoms with Crippen LogP contribution >= 0.6 is 0 Å².